The van der Waals surface area contributed by atoms with Gasteiger partial charge in [-0.25, -0.2) is 0 Å². The van der Waals surface area contributed by atoms with E-state index in [4.69, 9.17) is 0 Å². The molecule has 6 aliphatic rings. The van der Waals surface area contributed by atoms with Gasteiger partial charge in [0.2, 0.25) is 0 Å². The molecule has 1 N–H and O–H groups in total. The lowest BCUT2D eigenvalue weighted by molar-refractivity contribution is 0.588. The minimum atomic E-state index is 0.115. The zero-order chi connectivity index (χ0) is 23.8. The zero-order valence-corrected chi connectivity index (χ0v) is 21.4. The van der Waals surface area contributed by atoms with Gasteiger partial charge in [0.15, 0.2) is 6.29 Å². The number of hydrogen-bond donors (Lipinski definition) is 1. The molecular weight excluding hydrogens is 508 g/mol. The third-order valence-corrected chi connectivity index (χ3v) is 8.97. The molecule has 3 aliphatic heterocycles. The van der Waals surface area contributed by atoms with Crippen molar-refractivity contribution in [3.05, 3.63) is 125 Å². The quantitative estimate of drug-likeness (QED) is 0.507. The fourth-order valence-corrected chi connectivity index (χ4v) is 7.43. The van der Waals surface area contributed by atoms with Gasteiger partial charge in [-0.2, -0.15) is 0 Å². The van der Waals surface area contributed by atoms with Crippen LogP contribution in [0.5, 0.6) is 0 Å². The largest absolute Gasteiger partial charge is 0.357 e. The molecule has 0 radical (unpaired) electrons. The van der Waals surface area contributed by atoms with E-state index in [-0.39, 0.29) is 6.29 Å². The second-order valence-electron chi connectivity index (χ2n) is 10.3. The molecule has 3 heterocycles. The van der Waals surface area contributed by atoms with Gasteiger partial charge in [-0.15, -0.1) is 0 Å². The minimum Gasteiger partial charge on any atom is -0.357 e. The molecule has 3 aliphatic carbocycles. The van der Waals surface area contributed by atoms with E-state index in [1.165, 1.54) is 28.3 Å². The third-order valence-electron chi connectivity index (χ3n) is 8.48. The number of fused-ring (bicyclic) bond motifs is 8. The van der Waals surface area contributed by atoms with E-state index in [0.717, 1.165) is 10.9 Å². The first-order valence-electron chi connectivity index (χ1n) is 12.9. The van der Waals surface area contributed by atoms with Gasteiger partial charge in [-0.1, -0.05) is 88.8 Å². The Morgan fingerprint density at radius 1 is 0.806 bits per heavy atom. The molecule has 2 aromatic rings. The van der Waals surface area contributed by atoms with Crippen LogP contribution in [0.1, 0.15) is 6.42 Å². The van der Waals surface area contributed by atoms with E-state index < -0.39 is 0 Å². The van der Waals surface area contributed by atoms with Gasteiger partial charge in [-0.3, -0.25) is 5.32 Å². The molecular formula is C31H27BrN4. The van der Waals surface area contributed by atoms with Crippen molar-refractivity contribution >= 4 is 33.0 Å². The molecule has 178 valence electrons. The second-order valence-corrected chi connectivity index (χ2v) is 11.2. The minimum absolute atomic E-state index is 0.115. The summed E-state index contributed by atoms with van der Waals surface area (Å²) in [4.78, 5) is 7.70. The lowest BCUT2D eigenvalue weighted by Crippen LogP contribution is -2.47. The Hall–Kier alpha value is -3.28. The Morgan fingerprint density at radius 2 is 1.61 bits per heavy atom. The molecule has 2 saturated heterocycles. The van der Waals surface area contributed by atoms with Crippen molar-refractivity contribution in [3.63, 3.8) is 0 Å². The van der Waals surface area contributed by atoms with Crippen LogP contribution in [0.2, 0.25) is 0 Å². The zero-order valence-electron chi connectivity index (χ0n) is 19.8. The molecule has 4 nitrogen and oxygen atoms in total. The summed E-state index contributed by atoms with van der Waals surface area (Å²) < 4.78 is 1.13. The average molecular weight is 535 g/mol. The van der Waals surface area contributed by atoms with Gasteiger partial charge in [-0.05, 0) is 48.4 Å². The number of anilines is 3. The summed E-state index contributed by atoms with van der Waals surface area (Å²) >= 11 is 3.69. The Labute approximate surface area is 220 Å². The van der Waals surface area contributed by atoms with Gasteiger partial charge in [0, 0.05) is 21.8 Å². The standard InChI is InChI=1S/C31H27BrN4/c32-20-8-7-9-21(18-20)34-26-12-3-1-10-23(26)24-19-22(16-17-27(24)34)35-29-14-5-6-15-30(29)36-28-13-4-2-11-25(28)33-31(35)36/h1-16,18-19,23,25-28,31,33H,17H2. The smallest absolute Gasteiger partial charge is 0.163 e. The predicted molar refractivity (Wildman–Crippen MR) is 151 cm³/mol. The van der Waals surface area contributed by atoms with E-state index in [1.807, 2.05) is 0 Å². The number of benzene rings is 2. The van der Waals surface area contributed by atoms with Crippen molar-refractivity contribution in [2.75, 3.05) is 14.7 Å². The summed E-state index contributed by atoms with van der Waals surface area (Å²) in [5.41, 5.74) is 6.70. The molecule has 36 heavy (non-hydrogen) atoms. The number of nitrogens with zero attached hydrogens (tertiary/aromatic N) is 3. The number of para-hydroxylation sites is 2. The van der Waals surface area contributed by atoms with E-state index in [2.05, 4.69) is 145 Å². The van der Waals surface area contributed by atoms with Crippen molar-refractivity contribution in [2.45, 2.75) is 36.9 Å². The summed E-state index contributed by atoms with van der Waals surface area (Å²) in [5.74, 6) is 0.390. The van der Waals surface area contributed by atoms with Crippen molar-refractivity contribution < 1.29 is 0 Å². The van der Waals surface area contributed by atoms with Crippen LogP contribution in [0.3, 0.4) is 0 Å². The highest BCUT2D eigenvalue weighted by atomic mass is 79.9. The lowest BCUT2D eigenvalue weighted by Gasteiger charge is -2.34. The maximum absolute atomic E-state index is 3.91. The number of allylic oxidation sites excluding steroid dienone is 5. The summed E-state index contributed by atoms with van der Waals surface area (Å²) in [6.45, 7) is 0. The normalized spacial score (nSPS) is 32.6. The lowest BCUT2D eigenvalue weighted by atomic mass is 9.86. The van der Waals surface area contributed by atoms with Crippen LogP contribution in [0, 0.1) is 5.92 Å². The molecule has 5 heteroatoms. The molecule has 0 spiro atoms. The van der Waals surface area contributed by atoms with Crippen LogP contribution < -0.4 is 20.0 Å². The average Bonchev–Trinajstić information content (AvgIpc) is 3.55. The molecule has 8 rings (SSSR count). The van der Waals surface area contributed by atoms with Crippen LogP contribution >= 0.6 is 15.9 Å². The highest BCUT2D eigenvalue weighted by Gasteiger charge is 2.50. The van der Waals surface area contributed by atoms with Gasteiger partial charge in [0.25, 0.3) is 0 Å². The number of rotatable bonds is 2. The second kappa shape index (κ2) is 7.86. The molecule has 0 amide bonds. The SMILES string of the molecule is Brc1cccc(N2C3CC=C(N4c5ccccc5N5C6C=CC=CC6NC45)C=C3C3C=CC=CC32)c1. The molecule has 6 unspecified atom stereocenters. The van der Waals surface area contributed by atoms with Crippen LogP contribution in [-0.2, 0) is 0 Å². The molecule has 0 bridgehead atoms. The Kier molecular flexibility index (Phi) is 4.55. The Morgan fingerprint density at radius 3 is 2.50 bits per heavy atom. The van der Waals surface area contributed by atoms with Crippen LogP contribution in [-0.4, -0.2) is 30.5 Å². The van der Waals surface area contributed by atoms with Crippen molar-refractivity contribution in [3.8, 4) is 0 Å². The number of nitrogens with one attached hydrogen (secondary N) is 1. The molecule has 0 saturated carbocycles. The fourth-order valence-electron chi connectivity index (χ4n) is 7.04. The van der Waals surface area contributed by atoms with E-state index >= 15 is 0 Å². The summed E-state index contributed by atoms with van der Waals surface area (Å²) in [7, 11) is 0. The van der Waals surface area contributed by atoms with E-state index in [0.29, 0.717) is 30.1 Å². The topological polar surface area (TPSA) is 21.8 Å². The molecule has 2 fully saturated rings. The summed E-state index contributed by atoms with van der Waals surface area (Å²) in [5, 5.41) is 3.91. The third kappa shape index (κ3) is 2.90. The fraction of sp³-hybridized carbons (Fsp3) is 0.226. The first-order valence-corrected chi connectivity index (χ1v) is 13.7. The van der Waals surface area contributed by atoms with Crippen molar-refractivity contribution in [1.82, 2.24) is 5.32 Å². The Bertz CT molecular complexity index is 1430. The van der Waals surface area contributed by atoms with Gasteiger partial charge in [0.05, 0.1) is 35.5 Å². The predicted octanol–water partition coefficient (Wildman–Crippen LogP) is 6.04. The maximum Gasteiger partial charge on any atom is 0.163 e. The maximum atomic E-state index is 3.91. The van der Waals surface area contributed by atoms with E-state index in [9.17, 15) is 0 Å². The van der Waals surface area contributed by atoms with Crippen molar-refractivity contribution in [1.29, 1.82) is 0 Å². The summed E-state index contributed by atoms with van der Waals surface area (Å²) in [6, 6.07) is 19.0. The monoisotopic (exact) mass is 534 g/mol. The molecule has 2 aromatic carbocycles. The number of hydrogen-bond acceptors (Lipinski definition) is 4. The highest BCUT2D eigenvalue weighted by Crippen LogP contribution is 2.50. The molecule has 0 aromatic heterocycles. The van der Waals surface area contributed by atoms with Gasteiger partial charge in [0.1, 0.15) is 0 Å². The van der Waals surface area contributed by atoms with Crippen LogP contribution in [0.15, 0.2) is 125 Å². The first-order chi connectivity index (χ1) is 17.8. The molecule has 6 atom stereocenters. The number of halogens is 1. The van der Waals surface area contributed by atoms with Crippen LogP contribution in [0.25, 0.3) is 0 Å². The highest BCUT2D eigenvalue weighted by molar-refractivity contribution is 9.10. The first kappa shape index (κ1) is 20.9. The van der Waals surface area contributed by atoms with Gasteiger partial charge < -0.3 is 14.7 Å². The Balaban J connectivity index is 1.20. The van der Waals surface area contributed by atoms with Gasteiger partial charge >= 0.3 is 0 Å². The van der Waals surface area contributed by atoms with Crippen LogP contribution in [0.4, 0.5) is 17.1 Å². The van der Waals surface area contributed by atoms with E-state index in [1.54, 1.807) is 0 Å². The van der Waals surface area contributed by atoms with Crippen molar-refractivity contribution in [2.24, 2.45) is 5.92 Å². The summed E-state index contributed by atoms with van der Waals surface area (Å²) in [6.07, 6.45) is 24.2.